The number of nitrogens with zero attached hydrogens (tertiary/aromatic N) is 5. The monoisotopic (exact) mass is 279 g/mol. The van der Waals surface area contributed by atoms with Crippen molar-refractivity contribution in [2.24, 2.45) is 0 Å². The van der Waals surface area contributed by atoms with Crippen molar-refractivity contribution >= 4 is 11.7 Å². The van der Waals surface area contributed by atoms with E-state index in [2.05, 4.69) is 10.2 Å². The van der Waals surface area contributed by atoms with E-state index in [4.69, 9.17) is 5.11 Å². The zero-order valence-corrected chi connectivity index (χ0v) is 11.0. The summed E-state index contributed by atoms with van der Waals surface area (Å²) in [6.07, 6.45) is 2.11. The number of aromatic carboxylic acids is 1. The minimum atomic E-state index is -1.19. The molecule has 0 spiro atoms. The van der Waals surface area contributed by atoms with Crippen LogP contribution >= 0.6 is 0 Å². The highest BCUT2D eigenvalue weighted by molar-refractivity contribution is 5.85. The van der Waals surface area contributed by atoms with Gasteiger partial charge in [-0.15, -0.1) is 0 Å². The van der Waals surface area contributed by atoms with Gasteiger partial charge in [-0.05, 0) is 19.4 Å². The maximum atomic E-state index is 11.2. The van der Waals surface area contributed by atoms with Gasteiger partial charge in [0.05, 0.1) is 4.92 Å². The molecule has 2 aromatic heterocycles. The van der Waals surface area contributed by atoms with Gasteiger partial charge in [0.1, 0.15) is 5.69 Å². The molecule has 0 saturated heterocycles. The molecule has 0 radical (unpaired) electrons. The molecule has 0 fully saturated rings. The Labute approximate surface area is 113 Å². The summed E-state index contributed by atoms with van der Waals surface area (Å²) in [7, 11) is 0. The number of hydrogen-bond donors (Lipinski definition) is 1. The van der Waals surface area contributed by atoms with E-state index in [1.807, 2.05) is 6.92 Å². The first kappa shape index (κ1) is 13.7. The number of carboxylic acids is 1. The lowest BCUT2D eigenvalue weighted by atomic mass is 10.4. The molecule has 2 rings (SSSR count). The van der Waals surface area contributed by atoms with Crippen LogP contribution in [-0.4, -0.2) is 35.6 Å². The molecule has 0 amide bonds. The summed E-state index contributed by atoms with van der Waals surface area (Å²) in [5, 5.41) is 28.0. The molecule has 106 valence electrons. The fourth-order valence-corrected chi connectivity index (χ4v) is 1.92. The predicted molar refractivity (Wildman–Crippen MR) is 68.0 cm³/mol. The van der Waals surface area contributed by atoms with Crippen molar-refractivity contribution in [1.82, 2.24) is 19.6 Å². The van der Waals surface area contributed by atoms with Crippen LogP contribution in [0.3, 0.4) is 0 Å². The van der Waals surface area contributed by atoms with E-state index >= 15 is 0 Å². The second kappa shape index (κ2) is 5.11. The van der Waals surface area contributed by atoms with Gasteiger partial charge in [-0.2, -0.15) is 10.2 Å². The number of nitro groups is 1. The lowest BCUT2D eigenvalue weighted by molar-refractivity contribution is -0.385. The Kier molecular flexibility index (Phi) is 3.51. The van der Waals surface area contributed by atoms with Gasteiger partial charge in [0.15, 0.2) is 5.69 Å². The van der Waals surface area contributed by atoms with Gasteiger partial charge in [0, 0.05) is 12.7 Å². The fourth-order valence-electron chi connectivity index (χ4n) is 1.92. The van der Waals surface area contributed by atoms with Crippen molar-refractivity contribution in [1.29, 1.82) is 0 Å². The van der Waals surface area contributed by atoms with Crippen LogP contribution in [0.4, 0.5) is 5.69 Å². The third kappa shape index (κ3) is 2.25. The van der Waals surface area contributed by atoms with Gasteiger partial charge in [-0.1, -0.05) is 6.92 Å². The Hall–Kier alpha value is -2.71. The molecule has 0 aliphatic heterocycles. The van der Waals surface area contributed by atoms with E-state index < -0.39 is 10.9 Å². The first-order chi connectivity index (χ1) is 9.45. The number of aromatic nitrogens is 4. The van der Waals surface area contributed by atoms with Crippen molar-refractivity contribution in [3.8, 4) is 5.82 Å². The zero-order chi connectivity index (χ0) is 14.9. The maximum Gasteiger partial charge on any atom is 0.356 e. The molecular weight excluding hydrogens is 266 g/mol. The summed E-state index contributed by atoms with van der Waals surface area (Å²) in [4.78, 5) is 21.5. The summed E-state index contributed by atoms with van der Waals surface area (Å²) in [6.45, 7) is 3.93. The second-order valence-electron chi connectivity index (χ2n) is 4.19. The molecule has 1 N–H and O–H groups in total. The number of rotatable bonds is 5. The van der Waals surface area contributed by atoms with E-state index in [1.54, 1.807) is 0 Å². The molecule has 2 aromatic rings. The van der Waals surface area contributed by atoms with Crippen LogP contribution in [0.1, 0.15) is 29.5 Å². The summed E-state index contributed by atoms with van der Waals surface area (Å²) in [6, 6.07) is 1.28. The minimum absolute atomic E-state index is 0.168. The van der Waals surface area contributed by atoms with E-state index in [0.717, 1.165) is 6.42 Å². The number of aryl methyl sites for hydroxylation is 2. The Morgan fingerprint density at radius 2 is 2.20 bits per heavy atom. The average molecular weight is 279 g/mol. The van der Waals surface area contributed by atoms with Gasteiger partial charge in [0.25, 0.3) is 0 Å². The number of carbonyl (C=O) groups is 1. The average Bonchev–Trinajstić information content (AvgIpc) is 2.93. The van der Waals surface area contributed by atoms with Crippen LogP contribution in [-0.2, 0) is 6.54 Å². The third-order valence-electron chi connectivity index (χ3n) is 2.71. The Morgan fingerprint density at radius 3 is 2.70 bits per heavy atom. The van der Waals surface area contributed by atoms with Gasteiger partial charge >= 0.3 is 11.7 Å². The van der Waals surface area contributed by atoms with Crippen molar-refractivity contribution in [3.63, 3.8) is 0 Å². The summed E-state index contributed by atoms with van der Waals surface area (Å²) >= 11 is 0. The standard InChI is InChI=1S/C11H13N5O4/c1-3-5-14-10(9(16(19)20)7(2)12-14)15-6-4-8(13-15)11(17)18/h4,6H,3,5H2,1-2H3,(H,17,18). The van der Waals surface area contributed by atoms with Gasteiger partial charge in [0.2, 0.25) is 5.82 Å². The number of hydrogen-bond acceptors (Lipinski definition) is 5. The molecule has 9 heteroatoms. The highest BCUT2D eigenvalue weighted by Gasteiger charge is 2.27. The van der Waals surface area contributed by atoms with Crippen molar-refractivity contribution in [2.75, 3.05) is 0 Å². The quantitative estimate of drug-likeness (QED) is 0.653. The molecule has 0 aliphatic carbocycles. The Balaban J connectivity index is 2.62. The summed E-state index contributed by atoms with van der Waals surface area (Å²) in [5.41, 5.74) is -0.0782. The Bertz CT molecular complexity index is 672. The van der Waals surface area contributed by atoms with Gasteiger partial charge in [-0.25, -0.2) is 14.2 Å². The molecular formula is C11H13N5O4. The highest BCUT2D eigenvalue weighted by Crippen LogP contribution is 2.26. The van der Waals surface area contributed by atoms with Crippen LogP contribution in [0.5, 0.6) is 0 Å². The van der Waals surface area contributed by atoms with Crippen molar-refractivity contribution in [3.05, 3.63) is 33.8 Å². The molecule has 0 bridgehead atoms. The fraction of sp³-hybridized carbons (Fsp3) is 0.364. The first-order valence-corrected chi connectivity index (χ1v) is 5.96. The lowest BCUT2D eigenvalue weighted by Gasteiger charge is -2.04. The normalized spacial score (nSPS) is 10.7. The topological polar surface area (TPSA) is 116 Å². The highest BCUT2D eigenvalue weighted by atomic mass is 16.6. The zero-order valence-electron chi connectivity index (χ0n) is 11.0. The first-order valence-electron chi connectivity index (χ1n) is 5.96. The minimum Gasteiger partial charge on any atom is -0.476 e. The molecule has 0 aromatic carbocycles. The molecule has 0 atom stereocenters. The van der Waals surface area contributed by atoms with E-state index in [1.165, 1.54) is 28.6 Å². The molecule has 20 heavy (non-hydrogen) atoms. The van der Waals surface area contributed by atoms with Crippen LogP contribution in [0.2, 0.25) is 0 Å². The molecule has 9 nitrogen and oxygen atoms in total. The maximum absolute atomic E-state index is 11.2. The third-order valence-corrected chi connectivity index (χ3v) is 2.71. The van der Waals surface area contributed by atoms with Crippen molar-refractivity contribution < 1.29 is 14.8 Å². The van der Waals surface area contributed by atoms with Crippen LogP contribution in [0, 0.1) is 17.0 Å². The molecule has 2 heterocycles. The molecule has 0 aliphatic rings. The van der Waals surface area contributed by atoms with E-state index in [0.29, 0.717) is 6.54 Å². The predicted octanol–water partition coefficient (Wildman–Crippen LogP) is 1.39. The summed E-state index contributed by atoms with van der Waals surface area (Å²) in [5.74, 6) is -1.02. The van der Waals surface area contributed by atoms with Gasteiger partial charge < -0.3 is 5.11 Å². The largest absolute Gasteiger partial charge is 0.476 e. The second-order valence-corrected chi connectivity index (χ2v) is 4.19. The number of carboxylic acid groups (broad SMARTS) is 1. The Morgan fingerprint density at radius 1 is 1.50 bits per heavy atom. The van der Waals surface area contributed by atoms with E-state index in [9.17, 15) is 14.9 Å². The molecule has 0 saturated carbocycles. The van der Waals surface area contributed by atoms with Crippen LogP contribution in [0.25, 0.3) is 5.82 Å². The SMILES string of the molecule is CCCn1nc(C)c([N+](=O)[O-])c1-n1ccc(C(=O)O)n1. The molecule has 0 unspecified atom stereocenters. The van der Waals surface area contributed by atoms with Crippen LogP contribution in [0.15, 0.2) is 12.3 Å². The smallest absolute Gasteiger partial charge is 0.356 e. The van der Waals surface area contributed by atoms with E-state index in [-0.39, 0.29) is 22.9 Å². The van der Waals surface area contributed by atoms with Gasteiger partial charge in [-0.3, -0.25) is 10.1 Å². The van der Waals surface area contributed by atoms with Crippen molar-refractivity contribution in [2.45, 2.75) is 26.8 Å². The summed E-state index contributed by atoms with van der Waals surface area (Å²) < 4.78 is 2.64. The van der Waals surface area contributed by atoms with Crippen LogP contribution < -0.4 is 0 Å². The lowest BCUT2D eigenvalue weighted by Crippen LogP contribution is -2.10.